The number of nitrogens with zero attached hydrogens (tertiary/aromatic N) is 2. The summed E-state index contributed by atoms with van der Waals surface area (Å²) in [4.78, 5) is 18.5. The summed E-state index contributed by atoms with van der Waals surface area (Å²) in [6.07, 6.45) is 0.879. The van der Waals surface area contributed by atoms with E-state index < -0.39 is 0 Å². The van der Waals surface area contributed by atoms with Gasteiger partial charge in [0.2, 0.25) is 0 Å². The van der Waals surface area contributed by atoms with Crippen molar-refractivity contribution in [3.8, 4) is 5.75 Å². The molecule has 1 aromatic carbocycles. The quantitative estimate of drug-likeness (QED) is 0.875. The first-order valence-electron chi connectivity index (χ1n) is 7.49. The number of pyridine rings is 1. The molecule has 5 nitrogen and oxygen atoms in total. The summed E-state index contributed by atoms with van der Waals surface area (Å²) in [5, 5.41) is 3.34. The Morgan fingerprint density at radius 1 is 1.30 bits per heavy atom. The highest BCUT2D eigenvalue weighted by Crippen LogP contribution is 2.30. The van der Waals surface area contributed by atoms with Crippen molar-refractivity contribution >= 4 is 23.2 Å². The molecule has 3 rings (SSSR count). The Balaban J connectivity index is 1.65. The summed E-state index contributed by atoms with van der Waals surface area (Å²) in [7, 11) is 1.67. The number of para-hydroxylation sites is 2. The molecule has 1 atom stereocenters. The van der Waals surface area contributed by atoms with Crippen LogP contribution >= 0.6 is 11.6 Å². The van der Waals surface area contributed by atoms with E-state index in [1.807, 2.05) is 24.3 Å². The molecule has 1 amide bonds. The summed E-state index contributed by atoms with van der Waals surface area (Å²) in [6, 6.07) is 13.0. The monoisotopic (exact) mass is 331 g/mol. The van der Waals surface area contributed by atoms with Crippen molar-refractivity contribution in [2.24, 2.45) is 0 Å². The van der Waals surface area contributed by atoms with Crippen molar-refractivity contribution in [2.75, 3.05) is 25.1 Å². The van der Waals surface area contributed by atoms with Crippen LogP contribution in [-0.2, 0) is 0 Å². The molecule has 2 aromatic rings. The van der Waals surface area contributed by atoms with Gasteiger partial charge in [0.25, 0.3) is 5.91 Å². The highest BCUT2D eigenvalue weighted by Gasteiger charge is 2.26. The van der Waals surface area contributed by atoms with E-state index in [4.69, 9.17) is 16.3 Å². The van der Waals surface area contributed by atoms with Gasteiger partial charge in [-0.05, 0) is 30.7 Å². The molecule has 1 unspecified atom stereocenters. The molecule has 6 heteroatoms. The normalized spacial score (nSPS) is 17.1. The van der Waals surface area contributed by atoms with Crippen molar-refractivity contribution in [3.05, 3.63) is 53.3 Å². The van der Waals surface area contributed by atoms with Crippen molar-refractivity contribution in [1.29, 1.82) is 0 Å². The molecule has 0 aliphatic carbocycles. The van der Waals surface area contributed by atoms with Gasteiger partial charge >= 0.3 is 0 Å². The van der Waals surface area contributed by atoms with Crippen molar-refractivity contribution in [1.82, 2.24) is 10.3 Å². The van der Waals surface area contributed by atoms with Gasteiger partial charge in [0.1, 0.15) is 16.6 Å². The summed E-state index contributed by atoms with van der Waals surface area (Å²) in [5.74, 6) is 0.648. The van der Waals surface area contributed by atoms with E-state index in [-0.39, 0.29) is 11.9 Å². The van der Waals surface area contributed by atoms with Gasteiger partial charge in [0.05, 0.1) is 12.8 Å². The van der Waals surface area contributed by atoms with Crippen molar-refractivity contribution in [2.45, 2.75) is 12.5 Å². The van der Waals surface area contributed by atoms with Crippen LogP contribution in [0.4, 0.5) is 5.69 Å². The lowest BCUT2D eigenvalue weighted by molar-refractivity contribution is 0.0935. The van der Waals surface area contributed by atoms with E-state index in [0.29, 0.717) is 10.8 Å². The molecule has 120 valence electrons. The number of carbonyl (C=O) groups is 1. The van der Waals surface area contributed by atoms with Gasteiger partial charge in [-0.15, -0.1) is 0 Å². The van der Waals surface area contributed by atoms with Crippen LogP contribution < -0.4 is 15.0 Å². The Kier molecular flexibility index (Phi) is 4.67. The Labute approximate surface area is 140 Å². The topological polar surface area (TPSA) is 54.5 Å². The number of rotatable bonds is 4. The molecule has 1 N–H and O–H groups in total. The average Bonchev–Trinajstić information content (AvgIpc) is 3.03. The molecule has 1 aliphatic rings. The largest absolute Gasteiger partial charge is 0.495 e. The smallest absolute Gasteiger partial charge is 0.270 e. The fourth-order valence-corrected chi connectivity index (χ4v) is 2.95. The number of hydrogen-bond donors (Lipinski definition) is 1. The molecular formula is C17H18ClN3O2. The predicted octanol–water partition coefficient (Wildman–Crippen LogP) is 2.75. The zero-order chi connectivity index (χ0) is 16.2. The molecule has 1 aliphatic heterocycles. The number of aromatic nitrogens is 1. The number of halogens is 1. The number of nitrogens with one attached hydrogen (secondary N) is 1. The molecule has 1 aromatic heterocycles. The lowest BCUT2D eigenvalue weighted by Gasteiger charge is -2.21. The fraction of sp³-hybridized carbons (Fsp3) is 0.294. The minimum absolute atomic E-state index is 0.0770. The summed E-state index contributed by atoms with van der Waals surface area (Å²) < 4.78 is 5.40. The number of amides is 1. The third kappa shape index (κ3) is 3.56. The Hall–Kier alpha value is -2.27. The second kappa shape index (κ2) is 6.87. The maximum atomic E-state index is 12.2. The van der Waals surface area contributed by atoms with Gasteiger partial charge < -0.3 is 15.0 Å². The summed E-state index contributed by atoms with van der Waals surface area (Å²) in [5.41, 5.74) is 1.39. The van der Waals surface area contributed by atoms with Crippen LogP contribution in [-0.4, -0.2) is 37.1 Å². The molecule has 0 saturated carbocycles. The van der Waals surface area contributed by atoms with Gasteiger partial charge in [0.15, 0.2) is 0 Å². The Morgan fingerprint density at radius 3 is 2.91 bits per heavy atom. The van der Waals surface area contributed by atoms with Crippen LogP contribution in [0.3, 0.4) is 0 Å². The molecule has 1 saturated heterocycles. The zero-order valence-corrected chi connectivity index (χ0v) is 13.6. The van der Waals surface area contributed by atoms with Gasteiger partial charge in [-0.25, -0.2) is 4.98 Å². The molecule has 0 bridgehead atoms. The molecule has 2 heterocycles. The maximum absolute atomic E-state index is 12.2. The highest BCUT2D eigenvalue weighted by atomic mass is 35.5. The van der Waals surface area contributed by atoms with Crippen LogP contribution in [0.5, 0.6) is 5.75 Å². The molecule has 1 fully saturated rings. The average molecular weight is 332 g/mol. The van der Waals surface area contributed by atoms with Crippen LogP contribution in [0.1, 0.15) is 16.9 Å². The van der Waals surface area contributed by atoms with Gasteiger partial charge in [-0.1, -0.05) is 29.8 Å². The summed E-state index contributed by atoms with van der Waals surface area (Å²) in [6.45, 7) is 1.61. The highest BCUT2D eigenvalue weighted by molar-refractivity contribution is 6.29. The van der Waals surface area contributed by atoms with E-state index in [0.717, 1.165) is 30.9 Å². The molecule has 0 radical (unpaired) electrons. The number of methoxy groups -OCH3 is 1. The standard InChI is InChI=1S/C17H18ClN3O2/c1-23-15-7-3-2-6-14(15)21-10-9-12(11-21)19-17(22)13-5-4-8-16(18)20-13/h2-8,12H,9-11H2,1H3,(H,19,22). The van der Waals surface area contributed by atoms with Gasteiger partial charge in [0, 0.05) is 19.1 Å². The van der Waals surface area contributed by atoms with E-state index in [9.17, 15) is 4.79 Å². The number of ether oxygens (including phenoxy) is 1. The molecule has 0 spiro atoms. The van der Waals surface area contributed by atoms with Gasteiger partial charge in [-0.3, -0.25) is 4.79 Å². The second-order valence-corrected chi connectivity index (χ2v) is 5.81. The number of hydrogen-bond acceptors (Lipinski definition) is 4. The number of carbonyl (C=O) groups excluding carboxylic acids is 1. The molecular weight excluding hydrogens is 314 g/mol. The van der Waals surface area contributed by atoms with E-state index >= 15 is 0 Å². The zero-order valence-electron chi connectivity index (χ0n) is 12.8. The fourth-order valence-electron chi connectivity index (χ4n) is 2.78. The van der Waals surface area contributed by atoms with E-state index in [2.05, 4.69) is 15.2 Å². The van der Waals surface area contributed by atoms with Crippen LogP contribution in [0.25, 0.3) is 0 Å². The van der Waals surface area contributed by atoms with Crippen molar-refractivity contribution < 1.29 is 9.53 Å². The maximum Gasteiger partial charge on any atom is 0.270 e. The third-order valence-corrected chi connectivity index (χ3v) is 4.11. The number of anilines is 1. The Morgan fingerprint density at radius 2 is 2.13 bits per heavy atom. The lowest BCUT2D eigenvalue weighted by atomic mass is 10.2. The van der Waals surface area contributed by atoms with Crippen molar-refractivity contribution in [3.63, 3.8) is 0 Å². The first-order valence-corrected chi connectivity index (χ1v) is 7.86. The molecule has 23 heavy (non-hydrogen) atoms. The first kappa shape index (κ1) is 15.6. The second-order valence-electron chi connectivity index (χ2n) is 5.42. The van der Waals surface area contributed by atoms with Gasteiger partial charge in [-0.2, -0.15) is 0 Å². The SMILES string of the molecule is COc1ccccc1N1CCC(NC(=O)c2cccc(Cl)n2)C1. The first-order chi connectivity index (χ1) is 11.2. The van der Waals surface area contributed by atoms with E-state index in [1.54, 1.807) is 25.3 Å². The van der Waals surface area contributed by atoms with Crippen LogP contribution in [0.2, 0.25) is 5.15 Å². The minimum atomic E-state index is -0.195. The van der Waals surface area contributed by atoms with E-state index in [1.165, 1.54) is 0 Å². The predicted molar refractivity (Wildman–Crippen MR) is 90.3 cm³/mol. The number of benzene rings is 1. The summed E-state index contributed by atoms with van der Waals surface area (Å²) >= 11 is 5.83. The third-order valence-electron chi connectivity index (χ3n) is 3.90. The lowest BCUT2D eigenvalue weighted by Crippen LogP contribution is -2.37. The minimum Gasteiger partial charge on any atom is -0.495 e. The Bertz CT molecular complexity index is 708. The van der Waals surface area contributed by atoms with Crippen LogP contribution in [0, 0.1) is 0 Å². The van der Waals surface area contributed by atoms with Crippen LogP contribution in [0.15, 0.2) is 42.5 Å².